The summed E-state index contributed by atoms with van der Waals surface area (Å²) in [7, 11) is 0. The van der Waals surface area contributed by atoms with E-state index in [1.165, 1.54) is 6.07 Å². The van der Waals surface area contributed by atoms with Crippen LogP contribution in [0.4, 0.5) is 11.4 Å². The van der Waals surface area contributed by atoms with Crippen LogP contribution in [0.25, 0.3) is 0 Å². The van der Waals surface area contributed by atoms with E-state index in [2.05, 4.69) is 5.32 Å². The number of hydrogen-bond donors (Lipinski definition) is 1. The molecule has 0 bridgehead atoms. The molecule has 0 unspecified atom stereocenters. The van der Waals surface area contributed by atoms with Crippen LogP contribution >= 0.6 is 0 Å². The monoisotopic (exact) mass is 265 g/mol. The van der Waals surface area contributed by atoms with Crippen molar-refractivity contribution in [1.82, 2.24) is 4.90 Å². The topological polar surface area (TPSA) is 75.5 Å². The molecule has 1 aromatic carbocycles. The van der Waals surface area contributed by atoms with Crippen molar-refractivity contribution < 1.29 is 9.72 Å². The quantitative estimate of drug-likeness (QED) is 0.632. The predicted molar refractivity (Wildman–Crippen MR) is 74.3 cm³/mol. The first-order valence-corrected chi connectivity index (χ1v) is 6.26. The van der Waals surface area contributed by atoms with Crippen molar-refractivity contribution in [2.24, 2.45) is 0 Å². The lowest BCUT2D eigenvalue weighted by molar-refractivity contribution is -0.384. The van der Waals surface area contributed by atoms with Crippen LogP contribution in [0.2, 0.25) is 0 Å². The van der Waals surface area contributed by atoms with Gasteiger partial charge in [-0.05, 0) is 32.4 Å². The van der Waals surface area contributed by atoms with Crippen LogP contribution in [-0.4, -0.2) is 35.4 Å². The zero-order valence-electron chi connectivity index (χ0n) is 11.5. The Kier molecular flexibility index (Phi) is 5.29. The van der Waals surface area contributed by atoms with Gasteiger partial charge in [-0.1, -0.05) is 6.07 Å². The molecule has 104 valence electrons. The Morgan fingerprint density at radius 3 is 2.53 bits per heavy atom. The van der Waals surface area contributed by atoms with Gasteiger partial charge in [-0.2, -0.15) is 0 Å². The summed E-state index contributed by atoms with van der Waals surface area (Å²) in [6.45, 7) is 6.91. The average Bonchev–Trinajstić information content (AvgIpc) is 2.38. The van der Waals surface area contributed by atoms with Gasteiger partial charge >= 0.3 is 0 Å². The Morgan fingerprint density at radius 1 is 1.37 bits per heavy atom. The average molecular weight is 265 g/mol. The fraction of sp³-hybridized carbons (Fsp3) is 0.462. The maximum Gasteiger partial charge on any atom is 0.292 e. The van der Waals surface area contributed by atoms with E-state index < -0.39 is 4.92 Å². The maximum atomic E-state index is 11.8. The second-order valence-corrected chi connectivity index (χ2v) is 4.20. The van der Waals surface area contributed by atoms with Crippen molar-refractivity contribution in [3.63, 3.8) is 0 Å². The molecule has 6 nitrogen and oxygen atoms in total. The number of hydrogen-bond acceptors (Lipinski definition) is 4. The van der Waals surface area contributed by atoms with Gasteiger partial charge in [0.05, 0.1) is 11.5 Å². The van der Waals surface area contributed by atoms with Crippen LogP contribution in [0.3, 0.4) is 0 Å². The summed E-state index contributed by atoms with van der Waals surface area (Å²) in [6, 6.07) is 4.89. The summed E-state index contributed by atoms with van der Waals surface area (Å²) in [6.07, 6.45) is 0. The smallest absolute Gasteiger partial charge is 0.292 e. The van der Waals surface area contributed by atoms with Crippen LogP contribution in [0, 0.1) is 17.0 Å². The minimum Gasteiger partial charge on any atom is -0.371 e. The maximum absolute atomic E-state index is 11.8. The number of anilines is 1. The standard InChI is InChI=1S/C13H19N3O3/c1-4-15(5-2)13(17)9-14-11-7-6-10(3)8-12(11)16(18)19/h6-8,14H,4-5,9H2,1-3H3. The molecule has 0 aliphatic rings. The molecule has 0 radical (unpaired) electrons. The summed E-state index contributed by atoms with van der Waals surface area (Å²) >= 11 is 0. The van der Waals surface area contributed by atoms with E-state index >= 15 is 0 Å². The van der Waals surface area contributed by atoms with Crippen molar-refractivity contribution in [2.45, 2.75) is 20.8 Å². The Bertz CT molecular complexity index is 470. The van der Waals surface area contributed by atoms with Crippen molar-refractivity contribution in [1.29, 1.82) is 0 Å². The molecule has 1 amide bonds. The van der Waals surface area contributed by atoms with E-state index in [1.807, 2.05) is 13.8 Å². The molecule has 0 atom stereocenters. The second kappa shape index (κ2) is 6.72. The van der Waals surface area contributed by atoms with Gasteiger partial charge in [-0.3, -0.25) is 14.9 Å². The van der Waals surface area contributed by atoms with Crippen LogP contribution in [0.1, 0.15) is 19.4 Å². The summed E-state index contributed by atoms with van der Waals surface area (Å²) < 4.78 is 0. The van der Waals surface area contributed by atoms with Crippen LogP contribution in [-0.2, 0) is 4.79 Å². The molecule has 6 heteroatoms. The SMILES string of the molecule is CCN(CC)C(=O)CNc1ccc(C)cc1[N+](=O)[O-]. The van der Waals surface area contributed by atoms with E-state index in [4.69, 9.17) is 0 Å². The first kappa shape index (κ1) is 14.9. The number of amides is 1. The highest BCUT2D eigenvalue weighted by Crippen LogP contribution is 2.24. The number of nitrogens with one attached hydrogen (secondary N) is 1. The van der Waals surface area contributed by atoms with Gasteiger partial charge in [-0.25, -0.2) is 0 Å². The number of aryl methyl sites for hydroxylation is 1. The first-order valence-electron chi connectivity index (χ1n) is 6.26. The number of carbonyl (C=O) groups is 1. The predicted octanol–water partition coefficient (Wildman–Crippen LogP) is 2.18. The molecule has 0 heterocycles. The molecule has 0 fully saturated rings. The molecular formula is C13H19N3O3. The number of benzene rings is 1. The fourth-order valence-corrected chi connectivity index (χ4v) is 1.80. The summed E-state index contributed by atoms with van der Waals surface area (Å²) in [5, 5.41) is 13.8. The Labute approximate surface area is 112 Å². The van der Waals surface area contributed by atoms with Gasteiger partial charge < -0.3 is 10.2 Å². The molecule has 1 rings (SSSR count). The first-order chi connectivity index (χ1) is 8.99. The molecule has 0 saturated heterocycles. The molecule has 0 aromatic heterocycles. The fourth-order valence-electron chi connectivity index (χ4n) is 1.80. The van der Waals surface area contributed by atoms with Gasteiger partial charge in [-0.15, -0.1) is 0 Å². The molecule has 0 spiro atoms. The second-order valence-electron chi connectivity index (χ2n) is 4.20. The number of carbonyl (C=O) groups excluding carboxylic acids is 1. The Hall–Kier alpha value is -2.11. The minimum absolute atomic E-state index is 0.00709. The molecule has 0 aliphatic carbocycles. The normalized spacial score (nSPS) is 10.1. The van der Waals surface area contributed by atoms with Gasteiger partial charge in [0.2, 0.25) is 5.91 Å². The third-order valence-corrected chi connectivity index (χ3v) is 2.90. The molecule has 1 N–H and O–H groups in total. The number of nitro benzene ring substituents is 1. The van der Waals surface area contributed by atoms with E-state index in [0.717, 1.165) is 5.56 Å². The minimum atomic E-state index is -0.447. The molecule has 19 heavy (non-hydrogen) atoms. The van der Waals surface area contributed by atoms with Crippen LogP contribution in [0.15, 0.2) is 18.2 Å². The molecule has 0 saturated carbocycles. The van der Waals surface area contributed by atoms with Crippen LogP contribution in [0.5, 0.6) is 0 Å². The third-order valence-electron chi connectivity index (χ3n) is 2.90. The summed E-state index contributed by atoms with van der Waals surface area (Å²) in [4.78, 5) is 24.0. The highest BCUT2D eigenvalue weighted by atomic mass is 16.6. The van der Waals surface area contributed by atoms with Crippen molar-refractivity contribution in [3.8, 4) is 0 Å². The number of likely N-dealkylation sites (N-methyl/N-ethyl adjacent to an activating group) is 1. The lowest BCUT2D eigenvalue weighted by Crippen LogP contribution is -2.35. The lowest BCUT2D eigenvalue weighted by atomic mass is 10.2. The molecule has 1 aromatic rings. The van der Waals surface area contributed by atoms with Gasteiger partial charge in [0, 0.05) is 19.2 Å². The van der Waals surface area contributed by atoms with Gasteiger partial charge in [0.1, 0.15) is 5.69 Å². The highest BCUT2D eigenvalue weighted by molar-refractivity contribution is 5.81. The van der Waals surface area contributed by atoms with Gasteiger partial charge in [0.15, 0.2) is 0 Å². The summed E-state index contributed by atoms with van der Waals surface area (Å²) in [5.74, 6) is -0.0696. The van der Waals surface area contributed by atoms with Gasteiger partial charge in [0.25, 0.3) is 5.69 Å². The number of nitro groups is 1. The van der Waals surface area contributed by atoms with E-state index in [0.29, 0.717) is 18.8 Å². The Morgan fingerprint density at radius 2 is 2.00 bits per heavy atom. The van der Waals surface area contributed by atoms with Crippen molar-refractivity contribution >= 4 is 17.3 Å². The number of rotatable bonds is 6. The number of nitrogens with zero attached hydrogens (tertiary/aromatic N) is 2. The zero-order chi connectivity index (χ0) is 14.4. The van der Waals surface area contributed by atoms with Crippen LogP contribution < -0.4 is 5.32 Å². The van der Waals surface area contributed by atoms with Crippen molar-refractivity contribution in [2.75, 3.05) is 25.0 Å². The summed E-state index contributed by atoms with van der Waals surface area (Å²) in [5.41, 5.74) is 1.18. The Balaban J connectivity index is 2.78. The van der Waals surface area contributed by atoms with E-state index in [-0.39, 0.29) is 18.1 Å². The molecular weight excluding hydrogens is 246 g/mol. The third kappa shape index (κ3) is 3.94. The van der Waals surface area contributed by atoms with E-state index in [1.54, 1.807) is 24.0 Å². The zero-order valence-corrected chi connectivity index (χ0v) is 11.5. The largest absolute Gasteiger partial charge is 0.371 e. The van der Waals surface area contributed by atoms with Crippen molar-refractivity contribution in [3.05, 3.63) is 33.9 Å². The lowest BCUT2D eigenvalue weighted by Gasteiger charge is -2.19. The highest BCUT2D eigenvalue weighted by Gasteiger charge is 2.15. The van der Waals surface area contributed by atoms with E-state index in [9.17, 15) is 14.9 Å². The molecule has 0 aliphatic heterocycles.